The minimum absolute atomic E-state index is 0.0833. The second-order valence-electron chi connectivity index (χ2n) is 10.4. The van der Waals surface area contributed by atoms with Gasteiger partial charge < -0.3 is 30.0 Å². The molecular weight excluding hydrogens is 525 g/mol. The SMILES string of the molecule is CC(C)n1c(N2CC3(COC3)C2)nc2c(F)cc(-c3nc(N)ncc3Cl)cc21.CCCC(CC)OC(=O)NC. The van der Waals surface area contributed by atoms with Crippen LogP contribution in [0.15, 0.2) is 18.3 Å². The molecule has 39 heavy (non-hydrogen) atoms. The third kappa shape index (κ3) is 6.04. The van der Waals surface area contributed by atoms with E-state index in [9.17, 15) is 4.79 Å². The van der Waals surface area contributed by atoms with Crippen LogP contribution in [0.3, 0.4) is 0 Å². The van der Waals surface area contributed by atoms with Crippen molar-refractivity contribution in [2.45, 2.75) is 59.1 Å². The first-order valence-corrected chi connectivity index (χ1v) is 13.7. The quantitative estimate of drug-likeness (QED) is 0.403. The first kappa shape index (κ1) is 28.8. The lowest BCUT2D eigenvalue weighted by atomic mass is 9.78. The minimum Gasteiger partial charge on any atom is -0.446 e. The number of amides is 1. The standard InChI is InChI=1S/C19H20ClFN6O.C8H17NO2/c1-10(2)27-14-4-11(15-12(20)5-23-17(22)24-15)3-13(21)16(14)25-18(27)26-6-19(7-26)8-28-9-19;1-4-6-7(5-2)11-8(10)9-3/h3-5,10H,6-9H2,1-2H3,(H2,22,23,24);7H,4-6H2,1-3H3,(H,9,10). The number of nitrogens with one attached hydrogen (secondary N) is 1. The molecule has 1 amide bonds. The maximum atomic E-state index is 15.0. The zero-order valence-corrected chi connectivity index (χ0v) is 23.9. The predicted octanol–water partition coefficient (Wildman–Crippen LogP) is 5.21. The molecule has 4 heterocycles. The molecule has 3 N–H and O–H groups in total. The Morgan fingerprint density at radius 2 is 2.00 bits per heavy atom. The van der Waals surface area contributed by atoms with E-state index in [-0.39, 0.29) is 29.6 Å². The molecule has 0 bridgehead atoms. The molecule has 1 spiro atoms. The van der Waals surface area contributed by atoms with Crippen molar-refractivity contribution >= 4 is 40.6 Å². The van der Waals surface area contributed by atoms with Crippen molar-refractivity contribution in [1.29, 1.82) is 0 Å². The molecule has 3 aromatic rings. The monoisotopic (exact) mass is 561 g/mol. The Balaban J connectivity index is 0.000000274. The summed E-state index contributed by atoms with van der Waals surface area (Å²) in [5.41, 5.74) is 7.95. The fraction of sp³-hybridized carbons (Fsp3) is 0.556. The van der Waals surface area contributed by atoms with Crippen molar-refractivity contribution < 1.29 is 18.7 Å². The summed E-state index contributed by atoms with van der Waals surface area (Å²) in [6.07, 6.45) is 4.07. The van der Waals surface area contributed by atoms with E-state index in [0.29, 0.717) is 27.3 Å². The number of rotatable bonds is 7. The molecule has 1 atom stereocenters. The van der Waals surface area contributed by atoms with Crippen LogP contribution in [0.25, 0.3) is 22.3 Å². The summed E-state index contributed by atoms with van der Waals surface area (Å²) in [4.78, 5) is 25.6. The number of halogens is 2. The van der Waals surface area contributed by atoms with Gasteiger partial charge in [0.2, 0.25) is 11.9 Å². The zero-order valence-electron chi connectivity index (χ0n) is 23.1. The Bertz CT molecular complexity index is 1320. The van der Waals surface area contributed by atoms with Crippen molar-refractivity contribution in [2.24, 2.45) is 5.41 Å². The van der Waals surface area contributed by atoms with Crippen molar-refractivity contribution in [2.75, 3.05) is 44.0 Å². The predicted molar refractivity (Wildman–Crippen MR) is 151 cm³/mol. The van der Waals surface area contributed by atoms with Crippen LogP contribution in [0, 0.1) is 11.2 Å². The number of carbonyl (C=O) groups is 1. The van der Waals surface area contributed by atoms with E-state index in [1.807, 2.05) is 13.0 Å². The van der Waals surface area contributed by atoms with Crippen LogP contribution >= 0.6 is 11.6 Å². The van der Waals surface area contributed by atoms with E-state index in [1.165, 1.54) is 12.3 Å². The largest absolute Gasteiger partial charge is 0.446 e. The van der Waals surface area contributed by atoms with Gasteiger partial charge in [-0.3, -0.25) is 0 Å². The van der Waals surface area contributed by atoms with Crippen molar-refractivity contribution in [1.82, 2.24) is 24.8 Å². The van der Waals surface area contributed by atoms with Crippen LogP contribution in [0.1, 0.15) is 53.0 Å². The second-order valence-corrected chi connectivity index (χ2v) is 10.9. The number of alkyl carbamates (subject to hydrolysis) is 1. The molecule has 12 heteroatoms. The summed E-state index contributed by atoms with van der Waals surface area (Å²) in [5, 5.41) is 2.75. The van der Waals surface area contributed by atoms with E-state index in [2.05, 4.69) is 50.5 Å². The van der Waals surface area contributed by atoms with Gasteiger partial charge in [-0.1, -0.05) is 31.9 Å². The number of hydrogen-bond acceptors (Lipinski definition) is 8. The number of hydrogen-bond donors (Lipinski definition) is 2. The summed E-state index contributed by atoms with van der Waals surface area (Å²) in [6.45, 7) is 11.6. The lowest BCUT2D eigenvalue weighted by molar-refractivity contribution is -0.127. The third-order valence-electron chi connectivity index (χ3n) is 6.98. The number of imidazole rings is 1. The molecule has 0 radical (unpaired) electrons. The number of fused-ring (bicyclic) bond motifs is 1. The Hall–Kier alpha value is -3.18. The van der Waals surface area contributed by atoms with Crippen LogP contribution in [-0.2, 0) is 9.47 Å². The second kappa shape index (κ2) is 11.9. The highest BCUT2D eigenvalue weighted by atomic mass is 35.5. The van der Waals surface area contributed by atoms with Crippen molar-refractivity contribution in [3.63, 3.8) is 0 Å². The molecular formula is C27H37ClFN7O3. The van der Waals surface area contributed by atoms with E-state index >= 15 is 4.39 Å². The number of benzene rings is 1. The molecule has 2 aliphatic rings. The van der Waals surface area contributed by atoms with Crippen LogP contribution in [0.2, 0.25) is 5.02 Å². The molecule has 2 saturated heterocycles. The number of carbonyl (C=O) groups excluding carboxylic acids is 1. The summed E-state index contributed by atoms with van der Waals surface area (Å²) in [7, 11) is 1.57. The van der Waals surface area contributed by atoms with Gasteiger partial charge in [-0.05, 0) is 38.8 Å². The third-order valence-corrected chi connectivity index (χ3v) is 7.25. The van der Waals surface area contributed by atoms with E-state index < -0.39 is 5.82 Å². The van der Waals surface area contributed by atoms with Gasteiger partial charge in [-0.15, -0.1) is 0 Å². The fourth-order valence-corrected chi connectivity index (χ4v) is 5.15. The highest BCUT2D eigenvalue weighted by Gasteiger charge is 2.50. The number of nitrogens with two attached hydrogens (primary N) is 1. The van der Waals surface area contributed by atoms with Gasteiger partial charge in [0.05, 0.1) is 41.1 Å². The maximum absolute atomic E-state index is 15.0. The molecule has 212 valence electrons. The topological polar surface area (TPSA) is 120 Å². The molecule has 2 fully saturated rings. The molecule has 1 unspecified atom stereocenters. The Morgan fingerprint density at radius 3 is 2.56 bits per heavy atom. The maximum Gasteiger partial charge on any atom is 0.407 e. The lowest BCUT2D eigenvalue weighted by Crippen LogP contribution is -2.66. The molecule has 1 aromatic carbocycles. The highest BCUT2D eigenvalue weighted by molar-refractivity contribution is 6.33. The van der Waals surface area contributed by atoms with Gasteiger partial charge in [-0.2, -0.15) is 0 Å². The van der Waals surface area contributed by atoms with Crippen LogP contribution in [0.4, 0.5) is 21.1 Å². The lowest BCUT2D eigenvalue weighted by Gasteiger charge is -2.55. The number of anilines is 2. The number of nitrogen functional groups attached to an aromatic ring is 1. The Kier molecular flexibility index (Phi) is 8.80. The number of aromatic nitrogens is 4. The van der Waals surface area contributed by atoms with Gasteiger partial charge in [-0.25, -0.2) is 24.1 Å². The zero-order chi connectivity index (χ0) is 28.3. The Morgan fingerprint density at radius 1 is 1.28 bits per heavy atom. The van der Waals surface area contributed by atoms with Gasteiger partial charge in [0.15, 0.2) is 5.82 Å². The van der Waals surface area contributed by atoms with Crippen LogP contribution in [-0.4, -0.2) is 65.1 Å². The van der Waals surface area contributed by atoms with Gasteiger partial charge >= 0.3 is 6.09 Å². The van der Waals surface area contributed by atoms with E-state index in [0.717, 1.165) is 51.5 Å². The average Bonchev–Trinajstić information content (AvgIpc) is 3.23. The van der Waals surface area contributed by atoms with Gasteiger partial charge in [0, 0.05) is 31.7 Å². The normalized spacial score (nSPS) is 16.4. The summed E-state index contributed by atoms with van der Waals surface area (Å²) >= 11 is 6.23. The molecule has 10 nitrogen and oxygen atoms in total. The van der Waals surface area contributed by atoms with Crippen LogP contribution in [0.5, 0.6) is 0 Å². The van der Waals surface area contributed by atoms with Crippen molar-refractivity contribution in [3.8, 4) is 11.3 Å². The summed E-state index contributed by atoms with van der Waals surface area (Å²) < 4.78 is 27.5. The minimum atomic E-state index is -0.413. The molecule has 2 aliphatic heterocycles. The first-order chi connectivity index (χ1) is 18.6. The molecule has 5 rings (SSSR count). The van der Waals surface area contributed by atoms with E-state index in [1.54, 1.807) is 7.05 Å². The molecule has 0 saturated carbocycles. The average molecular weight is 562 g/mol. The van der Waals surface area contributed by atoms with Crippen molar-refractivity contribution in [3.05, 3.63) is 29.2 Å². The Labute approximate surface area is 233 Å². The molecule has 2 aromatic heterocycles. The number of nitrogens with zero attached hydrogens (tertiary/aromatic N) is 5. The molecule has 0 aliphatic carbocycles. The van der Waals surface area contributed by atoms with E-state index in [4.69, 9.17) is 26.8 Å². The first-order valence-electron chi connectivity index (χ1n) is 13.3. The number of ether oxygens (including phenoxy) is 2. The summed E-state index contributed by atoms with van der Waals surface area (Å²) in [5.74, 6) is 0.460. The highest BCUT2D eigenvalue weighted by Crippen LogP contribution is 2.42. The summed E-state index contributed by atoms with van der Waals surface area (Å²) in [6, 6.07) is 3.37. The fourth-order valence-electron chi connectivity index (χ4n) is 4.95. The smallest absolute Gasteiger partial charge is 0.407 e. The van der Waals surface area contributed by atoms with Gasteiger partial charge in [0.25, 0.3) is 0 Å². The van der Waals surface area contributed by atoms with Gasteiger partial charge in [0.1, 0.15) is 11.6 Å². The van der Waals surface area contributed by atoms with Crippen LogP contribution < -0.4 is 16.0 Å².